The van der Waals surface area contributed by atoms with Gasteiger partial charge in [0.25, 0.3) is 0 Å². The number of likely N-dealkylation sites (N-methyl/N-ethyl adjacent to an activating group) is 1. The van der Waals surface area contributed by atoms with Crippen molar-refractivity contribution in [1.82, 2.24) is 5.32 Å². The Balaban J connectivity index is 2.25. The lowest BCUT2D eigenvalue weighted by molar-refractivity contribution is 0.588. The first-order valence-corrected chi connectivity index (χ1v) is 6.90. The summed E-state index contributed by atoms with van der Waals surface area (Å²) >= 11 is 0. The third-order valence-electron chi connectivity index (χ3n) is 3.93. The van der Waals surface area contributed by atoms with Crippen molar-refractivity contribution in [2.75, 3.05) is 7.05 Å². The first-order valence-electron chi connectivity index (χ1n) is 6.90. The Bertz CT molecular complexity index is 540. The van der Waals surface area contributed by atoms with Crippen molar-refractivity contribution in [1.29, 1.82) is 0 Å². The smallest absolute Gasteiger partial charge is 0.0361 e. The van der Waals surface area contributed by atoms with E-state index in [0.29, 0.717) is 6.04 Å². The zero-order chi connectivity index (χ0) is 13.8. The molecule has 100 valence electrons. The van der Waals surface area contributed by atoms with Gasteiger partial charge in [-0.25, -0.2) is 0 Å². The summed E-state index contributed by atoms with van der Waals surface area (Å²) in [6, 6.07) is 15.8. The SMILES string of the molecule is CNC(Cc1ccc(C)cc1)c1cccc(C)c1C. The predicted octanol–water partition coefficient (Wildman–Crippen LogP) is 4.12. The molecular weight excluding hydrogens is 230 g/mol. The molecule has 2 aromatic carbocycles. The molecular formula is C18H23N. The van der Waals surface area contributed by atoms with Crippen LogP contribution in [0.5, 0.6) is 0 Å². The maximum absolute atomic E-state index is 3.45. The topological polar surface area (TPSA) is 12.0 Å². The maximum Gasteiger partial charge on any atom is 0.0361 e. The summed E-state index contributed by atoms with van der Waals surface area (Å²) in [4.78, 5) is 0. The fraction of sp³-hybridized carbons (Fsp3) is 0.333. The summed E-state index contributed by atoms with van der Waals surface area (Å²) in [5.41, 5.74) is 6.86. The minimum atomic E-state index is 0.377. The molecule has 2 aromatic rings. The first-order chi connectivity index (χ1) is 9.11. The van der Waals surface area contributed by atoms with E-state index in [0.717, 1.165) is 6.42 Å². The van der Waals surface area contributed by atoms with Crippen LogP contribution in [0.2, 0.25) is 0 Å². The van der Waals surface area contributed by atoms with Gasteiger partial charge in [-0.1, -0.05) is 48.0 Å². The molecule has 2 rings (SSSR count). The summed E-state index contributed by atoms with van der Waals surface area (Å²) in [5, 5.41) is 3.45. The van der Waals surface area contributed by atoms with Crippen LogP contribution in [-0.2, 0) is 6.42 Å². The Morgan fingerprint density at radius 3 is 2.26 bits per heavy atom. The van der Waals surface area contributed by atoms with E-state index in [4.69, 9.17) is 0 Å². The first kappa shape index (κ1) is 13.8. The monoisotopic (exact) mass is 253 g/mol. The van der Waals surface area contributed by atoms with Crippen molar-refractivity contribution < 1.29 is 0 Å². The van der Waals surface area contributed by atoms with Gasteiger partial charge in [0.05, 0.1) is 0 Å². The number of rotatable bonds is 4. The minimum Gasteiger partial charge on any atom is -0.313 e. The minimum absolute atomic E-state index is 0.377. The van der Waals surface area contributed by atoms with Gasteiger partial charge in [0.1, 0.15) is 0 Å². The molecule has 0 heterocycles. The highest BCUT2D eigenvalue weighted by Gasteiger charge is 2.13. The fourth-order valence-electron chi connectivity index (χ4n) is 2.48. The van der Waals surface area contributed by atoms with Crippen LogP contribution in [0, 0.1) is 20.8 Å². The van der Waals surface area contributed by atoms with Gasteiger partial charge in [-0.2, -0.15) is 0 Å². The number of hydrogen-bond acceptors (Lipinski definition) is 1. The summed E-state index contributed by atoms with van der Waals surface area (Å²) in [7, 11) is 2.04. The van der Waals surface area contributed by atoms with Crippen LogP contribution in [0.3, 0.4) is 0 Å². The summed E-state index contributed by atoms with van der Waals surface area (Å²) in [5.74, 6) is 0. The van der Waals surface area contributed by atoms with Crippen molar-refractivity contribution in [3.63, 3.8) is 0 Å². The van der Waals surface area contributed by atoms with Crippen molar-refractivity contribution in [2.45, 2.75) is 33.2 Å². The molecule has 0 aliphatic heterocycles. The second-order valence-electron chi connectivity index (χ2n) is 5.32. The van der Waals surface area contributed by atoms with Gasteiger partial charge < -0.3 is 5.32 Å². The Morgan fingerprint density at radius 1 is 0.947 bits per heavy atom. The highest BCUT2D eigenvalue weighted by molar-refractivity contribution is 5.36. The van der Waals surface area contributed by atoms with Crippen molar-refractivity contribution in [2.24, 2.45) is 0 Å². The molecule has 0 saturated heterocycles. The summed E-state index contributed by atoms with van der Waals surface area (Å²) in [6.07, 6.45) is 1.03. The molecule has 0 radical (unpaired) electrons. The Hall–Kier alpha value is -1.60. The number of nitrogens with one attached hydrogen (secondary N) is 1. The fourth-order valence-corrected chi connectivity index (χ4v) is 2.48. The zero-order valence-corrected chi connectivity index (χ0v) is 12.3. The second kappa shape index (κ2) is 6.03. The summed E-state index contributed by atoms with van der Waals surface area (Å²) in [6.45, 7) is 6.52. The molecule has 1 nitrogen and oxygen atoms in total. The lowest BCUT2D eigenvalue weighted by atomic mass is 9.93. The molecule has 0 aromatic heterocycles. The van der Waals surface area contributed by atoms with Crippen LogP contribution < -0.4 is 5.32 Å². The normalized spacial score (nSPS) is 12.4. The molecule has 0 aliphatic carbocycles. The molecule has 1 heteroatoms. The average molecular weight is 253 g/mol. The molecule has 1 N–H and O–H groups in total. The molecule has 19 heavy (non-hydrogen) atoms. The van der Waals surface area contributed by atoms with E-state index in [1.54, 1.807) is 0 Å². The van der Waals surface area contributed by atoms with E-state index < -0.39 is 0 Å². The Kier molecular flexibility index (Phi) is 4.39. The Morgan fingerprint density at radius 2 is 1.63 bits per heavy atom. The van der Waals surface area contributed by atoms with Gasteiger partial charge in [0.2, 0.25) is 0 Å². The maximum atomic E-state index is 3.45. The van der Waals surface area contributed by atoms with Crippen LogP contribution >= 0.6 is 0 Å². The van der Waals surface area contributed by atoms with Crippen LogP contribution in [0.25, 0.3) is 0 Å². The molecule has 0 aliphatic rings. The van der Waals surface area contributed by atoms with Gasteiger partial charge in [-0.05, 0) is 56.5 Å². The van der Waals surface area contributed by atoms with E-state index in [-0.39, 0.29) is 0 Å². The highest BCUT2D eigenvalue weighted by Crippen LogP contribution is 2.23. The summed E-state index contributed by atoms with van der Waals surface area (Å²) < 4.78 is 0. The van der Waals surface area contributed by atoms with Crippen molar-refractivity contribution >= 4 is 0 Å². The van der Waals surface area contributed by atoms with Gasteiger partial charge >= 0.3 is 0 Å². The molecule has 0 bridgehead atoms. The highest BCUT2D eigenvalue weighted by atomic mass is 14.9. The quantitative estimate of drug-likeness (QED) is 0.864. The molecule has 0 amide bonds. The lowest BCUT2D eigenvalue weighted by Gasteiger charge is -2.20. The van der Waals surface area contributed by atoms with E-state index in [2.05, 4.69) is 68.6 Å². The number of benzene rings is 2. The van der Waals surface area contributed by atoms with Gasteiger partial charge in [-0.3, -0.25) is 0 Å². The lowest BCUT2D eigenvalue weighted by Crippen LogP contribution is -2.20. The average Bonchev–Trinajstić information content (AvgIpc) is 2.42. The Labute approximate surface area is 116 Å². The van der Waals surface area contributed by atoms with Crippen molar-refractivity contribution in [3.8, 4) is 0 Å². The molecule has 1 unspecified atom stereocenters. The third kappa shape index (κ3) is 3.24. The molecule has 0 spiro atoms. The van der Waals surface area contributed by atoms with Crippen LogP contribution in [0.15, 0.2) is 42.5 Å². The second-order valence-corrected chi connectivity index (χ2v) is 5.32. The largest absolute Gasteiger partial charge is 0.313 e. The van der Waals surface area contributed by atoms with Gasteiger partial charge in [0, 0.05) is 6.04 Å². The predicted molar refractivity (Wildman–Crippen MR) is 82.6 cm³/mol. The zero-order valence-electron chi connectivity index (χ0n) is 12.3. The van der Waals surface area contributed by atoms with Crippen molar-refractivity contribution in [3.05, 3.63) is 70.3 Å². The number of aryl methyl sites for hydroxylation is 2. The molecule has 0 fully saturated rings. The van der Waals surface area contributed by atoms with Gasteiger partial charge in [0.15, 0.2) is 0 Å². The molecule has 0 saturated carbocycles. The third-order valence-corrected chi connectivity index (χ3v) is 3.93. The van der Waals surface area contributed by atoms with Crippen LogP contribution in [-0.4, -0.2) is 7.05 Å². The van der Waals surface area contributed by atoms with E-state index in [9.17, 15) is 0 Å². The number of hydrogen-bond donors (Lipinski definition) is 1. The van der Waals surface area contributed by atoms with E-state index in [1.165, 1.54) is 27.8 Å². The van der Waals surface area contributed by atoms with Gasteiger partial charge in [-0.15, -0.1) is 0 Å². The van der Waals surface area contributed by atoms with E-state index in [1.807, 2.05) is 7.05 Å². The molecule has 1 atom stereocenters. The van der Waals surface area contributed by atoms with E-state index >= 15 is 0 Å². The standard InChI is InChI=1S/C18H23N/c1-13-8-10-16(11-9-13)12-18(19-4)17-7-5-6-14(2)15(17)3/h5-11,18-19H,12H2,1-4H3. The van der Waals surface area contributed by atoms with Crippen LogP contribution in [0.4, 0.5) is 0 Å². The van der Waals surface area contributed by atoms with Crippen LogP contribution in [0.1, 0.15) is 33.9 Å².